The van der Waals surface area contributed by atoms with Gasteiger partial charge in [-0.05, 0) is 5.56 Å². The van der Waals surface area contributed by atoms with Crippen LogP contribution in [0.2, 0.25) is 0 Å². The van der Waals surface area contributed by atoms with Gasteiger partial charge in [0.25, 0.3) is 0 Å². The summed E-state index contributed by atoms with van der Waals surface area (Å²) in [6, 6.07) is 9.71. The number of hydrogen-bond donors (Lipinski definition) is 1. The second kappa shape index (κ2) is 4.61. The summed E-state index contributed by atoms with van der Waals surface area (Å²) in [6.45, 7) is 0. The molecule has 1 aromatic rings. The zero-order chi connectivity index (χ0) is 8.27. The molecule has 1 aromatic carbocycles. The minimum absolute atomic E-state index is 0.229. The lowest BCUT2D eigenvalue weighted by Gasteiger charge is -2.11. The van der Waals surface area contributed by atoms with Gasteiger partial charge in [0.1, 0.15) is 0 Å². The van der Waals surface area contributed by atoms with E-state index in [2.05, 4.69) is 45.2 Å². The highest BCUT2D eigenvalue weighted by molar-refractivity contribution is 14.2. The molecular formula is C8H8I2O. The molecule has 0 aliphatic carbocycles. The van der Waals surface area contributed by atoms with Crippen LogP contribution < -0.4 is 0 Å². The molecule has 0 aliphatic rings. The van der Waals surface area contributed by atoms with Crippen LogP contribution in [0.3, 0.4) is 0 Å². The van der Waals surface area contributed by atoms with Crippen LogP contribution in [-0.4, -0.2) is 7.04 Å². The fourth-order valence-corrected chi connectivity index (χ4v) is 1.63. The first-order chi connectivity index (χ1) is 5.22. The number of benzene rings is 1. The van der Waals surface area contributed by atoms with E-state index in [1.807, 2.05) is 30.3 Å². The van der Waals surface area contributed by atoms with Crippen LogP contribution in [0.1, 0.15) is 11.7 Å². The SMILES string of the molecule is OC(c1ccccc1)C(I)I. The van der Waals surface area contributed by atoms with Gasteiger partial charge in [-0.3, -0.25) is 0 Å². The average Bonchev–Trinajstić information content (AvgIpc) is 2.05. The third-order valence-electron chi connectivity index (χ3n) is 1.38. The predicted molar refractivity (Wildman–Crippen MR) is 63.2 cm³/mol. The Morgan fingerprint density at radius 3 is 2.09 bits per heavy atom. The molecule has 0 heterocycles. The van der Waals surface area contributed by atoms with Gasteiger partial charge in [-0.25, -0.2) is 0 Å². The topological polar surface area (TPSA) is 20.2 Å². The van der Waals surface area contributed by atoms with Crippen LogP contribution in [0.25, 0.3) is 0 Å². The summed E-state index contributed by atoms with van der Waals surface area (Å²) in [5.41, 5.74) is 0.987. The average molecular weight is 374 g/mol. The maximum Gasteiger partial charge on any atom is 0.0998 e. The quantitative estimate of drug-likeness (QED) is 0.624. The molecule has 1 N–H and O–H groups in total. The Kier molecular flexibility index (Phi) is 4.08. The summed E-state index contributed by atoms with van der Waals surface area (Å²) in [6.07, 6.45) is -0.350. The molecule has 3 heteroatoms. The molecule has 0 spiro atoms. The lowest BCUT2D eigenvalue weighted by molar-refractivity contribution is 0.203. The number of aliphatic hydroxyl groups excluding tert-OH is 1. The van der Waals surface area contributed by atoms with E-state index in [1.54, 1.807) is 0 Å². The first-order valence-corrected chi connectivity index (χ1v) is 5.72. The second-order valence-corrected chi connectivity index (χ2v) is 7.26. The van der Waals surface area contributed by atoms with Crippen molar-refractivity contribution in [3.05, 3.63) is 35.9 Å². The molecule has 11 heavy (non-hydrogen) atoms. The Bertz CT molecular complexity index is 211. The van der Waals surface area contributed by atoms with Gasteiger partial charge in [-0.1, -0.05) is 75.5 Å². The molecule has 0 aliphatic heterocycles. The van der Waals surface area contributed by atoms with Crippen molar-refractivity contribution in [1.82, 2.24) is 0 Å². The number of aliphatic hydroxyl groups is 1. The van der Waals surface area contributed by atoms with Crippen molar-refractivity contribution in [2.24, 2.45) is 0 Å². The maximum atomic E-state index is 9.58. The van der Waals surface area contributed by atoms with Gasteiger partial charge in [-0.15, -0.1) is 0 Å². The third kappa shape index (κ3) is 2.87. The van der Waals surface area contributed by atoms with Crippen molar-refractivity contribution < 1.29 is 5.11 Å². The summed E-state index contributed by atoms with van der Waals surface area (Å²) in [5.74, 6) is 0. The minimum Gasteiger partial charge on any atom is -0.386 e. The second-order valence-electron chi connectivity index (χ2n) is 2.19. The van der Waals surface area contributed by atoms with Crippen molar-refractivity contribution in [2.75, 3.05) is 0 Å². The minimum atomic E-state index is -0.350. The molecule has 0 bridgehead atoms. The standard InChI is InChI=1S/C8H8I2O/c9-8(10)7(11)6-4-2-1-3-5-6/h1-5,7-8,11H. The Morgan fingerprint density at radius 1 is 1.09 bits per heavy atom. The predicted octanol–water partition coefficient (Wildman–Crippen LogP) is 2.92. The van der Waals surface area contributed by atoms with E-state index < -0.39 is 0 Å². The van der Waals surface area contributed by atoms with Crippen LogP contribution in [0.4, 0.5) is 0 Å². The normalized spacial score (nSPS) is 13.5. The first kappa shape index (κ1) is 9.73. The number of halogens is 2. The molecule has 1 nitrogen and oxygen atoms in total. The summed E-state index contributed by atoms with van der Waals surface area (Å²) >= 11 is 4.42. The van der Waals surface area contributed by atoms with Crippen LogP contribution in [-0.2, 0) is 0 Å². The smallest absolute Gasteiger partial charge is 0.0998 e. The van der Waals surface area contributed by atoms with Crippen LogP contribution in [0, 0.1) is 0 Å². The van der Waals surface area contributed by atoms with Gasteiger partial charge >= 0.3 is 0 Å². The summed E-state index contributed by atoms with van der Waals surface area (Å²) in [4.78, 5) is 0. The summed E-state index contributed by atoms with van der Waals surface area (Å²) < 4.78 is 0.229. The van der Waals surface area contributed by atoms with E-state index in [1.165, 1.54) is 0 Å². The van der Waals surface area contributed by atoms with E-state index in [0.717, 1.165) is 5.56 Å². The van der Waals surface area contributed by atoms with Gasteiger partial charge in [0.2, 0.25) is 0 Å². The van der Waals surface area contributed by atoms with Crippen LogP contribution in [0.5, 0.6) is 0 Å². The van der Waals surface area contributed by atoms with Crippen molar-refractivity contribution in [1.29, 1.82) is 0 Å². The molecule has 1 atom stereocenters. The lowest BCUT2D eigenvalue weighted by Crippen LogP contribution is -2.03. The van der Waals surface area contributed by atoms with Gasteiger partial charge in [0.15, 0.2) is 0 Å². The fourth-order valence-electron chi connectivity index (χ4n) is 0.796. The van der Waals surface area contributed by atoms with E-state index >= 15 is 0 Å². The Hall–Kier alpha value is 0.640. The van der Waals surface area contributed by atoms with Gasteiger partial charge in [0, 0.05) is 0 Å². The van der Waals surface area contributed by atoms with Crippen LogP contribution in [0.15, 0.2) is 30.3 Å². The molecule has 0 fully saturated rings. The van der Waals surface area contributed by atoms with E-state index in [4.69, 9.17) is 0 Å². The zero-order valence-electron chi connectivity index (χ0n) is 5.74. The van der Waals surface area contributed by atoms with E-state index in [9.17, 15) is 5.11 Å². The van der Waals surface area contributed by atoms with Gasteiger partial charge < -0.3 is 5.11 Å². The first-order valence-electron chi connectivity index (χ1n) is 3.23. The fraction of sp³-hybridized carbons (Fsp3) is 0.250. The van der Waals surface area contributed by atoms with Crippen molar-refractivity contribution in [2.45, 2.75) is 8.04 Å². The van der Waals surface area contributed by atoms with Gasteiger partial charge in [0.05, 0.1) is 8.04 Å². The molecule has 1 rings (SSSR count). The molecule has 0 amide bonds. The molecule has 1 unspecified atom stereocenters. The number of rotatable bonds is 2. The van der Waals surface area contributed by atoms with E-state index in [-0.39, 0.29) is 8.04 Å². The molecule has 0 radical (unpaired) electrons. The summed E-state index contributed by atoms with van der Waals surface area (Å²) in [5, 5.41) is 9.58. The highest BCUT2D eigenvalue weighted by Gasteiger charge is 2.13. The molecule has 0 saturated carbocycles. The van der Waals surface area contributed by atoms with Crippen molar-refractivity contribution >= 4 is 45.2 Å². The maximum absolute atomic E-state index is 9.58. The molecular weight excluding hydrogens is 366 g/mol. The summed E-state index contributed by atoms with van der Waals surface area (Å²) in [7, 11) is 0. The van der Waals surface area contributed by atoms with Crippen molar-refractivity contribution in [3.8, 4) is 0 Å². The Morgan fingerprint density at radius 2 is 1.64 bits per heavy atom. The van der Waals surface area contributed by atoms with Crippen molar-refractivity contribution in [3.63, 3.8) is 0 Å². The molecule has 0 saturated heterocycles. The zero-order valence-corrected chi connectivity index (χ0v) is 10.1. The Balaban J connectivity index is 2.77. The largest absolute Gasteiger partial charge is 0.386 e. The number of hydrogen-bond acceptors (Lipinski definition) is 1. The molecule has 60 valence electrons. The number of alkyl halides is 2. The third-order valence-corrected chi connectivity index (χ3v) is 2.74. The van der Waals surface area contributed by atoms with Gasteiger partial charge in [-0.2, -0.15) is 0 Å². The lowest BCUT2D eigenvalue weighted by atomic mass is 10.1. The Labute approximate surface area is 93.5 Å². The highest BCUT2D eigenvalue weighted by Crippen LogP contribution is 2.27. The highest BCUT2D eigenvalue weighted by atomic mass is 127. The van der Waals surface area contributed by atoms with Crippen LogP contribution >= 0.6 is 45.2 Å². The molecule has 0 aromatic heterocycles. The monoisotopic (exact) mass is 374 g/mol. The van der Waals surface area contributed by atoms with E-state index in [0.29, 0.717) is 0 Å².